The highest BCUT2D eigenvalue weighted by Crippen LogP contribution is 2.28. The Labute approximate surface area is 149 Å². The van der Waals surface area contributed by atoms with E-state index in [0.29, 0.717) is 39.7 Å². The summed E-state index contributed by atoms with van der Waals surface area (Å²) < 4.78 is 7.04. The fourth-order valence-electron chi connectivity index (χ4n) is 2.66. The van der Waals surface area contributed by atoms with Crippen LogP contribution in [0.3, 0.4) is 0 Å². The molecule has 6 heteroatoms. The first-order valence-corrected chi connectivity index (χ1v) is 8.91. The number of rotatable bonds is 6. The molecule has 0 bridgehead atoms. The Morgan fingerprint density at radius 2 is 2.04 bits per heavy atom. The van der Waals surface area contributed by atoms with Crippen LogP contribution in [0.1, 0.15) is 22.8 Å². The van der Waals surface area contributed by atoms with Crippen LogP contribution in [0.2, 0.25) is 0 Å². The molecule has 0 aliphatic rings. The number of carbonyl (C=O) groups is 1. The summed E-state index contributed by atoms with van der Waals surface area (Å²) in [5.41, 5.74) is 2.13. The number of carbonyl (C=O) groups excluding carboxylic acids is 1. The predicted molar refractivity (Wildman–Crippen MR) is 99.6 cm³/mol. The van der Waals surface area contributed by atoms with Gasteiger partial charge < -0.3 is 4.74 Å². The largest absolute Gasteiger partial charge is 0.496 e. The van der Waals surface area contributed by atoms with E-state index in [0.717, 1.165) is 11.8 Å². The number of thioether (sulfide) groups is 1. The Morgan fingerprint density at radius 1 is 1.24 bits per heavy atom. The molecule has 25 heavy (non-hydrogen) atoms. The fourth-order valence-corrected chi connectivity index (χ4v) is 3.70. The molecule has 3 rings (SSSR count). The Bertz CT molecular complexity index is 982. The van der Waals surface area contributed by atoms with Crippen LogP contribution in [0.15, 0.2) is 52.4 Å². The molecule has 0 N–H and O–H groups in total. The molecular weight excluding hydrogens is 336 g/mol. The van der Waals surface area contributed by atoms with Crippen molar-refractivity contribution >= 4 is 29.0 Å². The average molecular weight is 354 g/mol. The number of fused-ring (bicyclic) bond motifs is 1. The van der Waals surface area contributed by atoms with E-state index in [1.165, 1.54) is 11.8 Å². The van der Waals surface area contributed by atoms with Crippen molar-refractivity contribution < 1.29 is 9.53 Å². The molecule has 1 aromatic heterocycles. The third kappa shape index (κ3) is 3.44. The zero-order valence-electron chi connectivity index (χ0n) is 14.1. The lowest BCUT2D eigenvalue weighted by Gasteiger charge is -2.12. The van der Waals surface area contributed by atoms with Gasteiger partial charge in [0.1, 0.15) is 12.0 Å². The molecule has 1 heterocycles. The molecule has 0 saturated heterocycles. The van der Waals surface area contributed by atoms with Gasteiger partial charge in [-0.2, -0.15) is 0 Å². The third-order valence-corrected chi connectivity index (χ3v) is 4.97. The zero-order valence-corrected chi connectivity index (χ0v) is 14.9. The van der Waals surface area contributed by atoms with Gasteiger partial charge in [-0.15, -0.1) is 0 Å². The second-order valence-corrected chi connectivity index (χ2v) is 6.38. The highest BCUT2D eigenvalue weighted by Gasteiger charge is 2.12. The van der Waals surface area contributed by atoms with Crippen molar-refractivity contribution in [3.8, 4) is 5.75 Å². The number of nitrogens with zero attached hydrogens (tertiary/aromatic N) is 2. The van der Waals surface area contributed by atoms with Gasteiger partial charge in [0.15, 0.2) is 5.16 Å². The molecule has 0 saturated carbocycles. The van der Waals surface area contributed by atoms with E-state index >= 15 is 0 Å². The van der Waals surface area contributed by atoms with Gasteiger partial charge in [-0.25, -0.2) is 4.98 Å². The first-order chi connectivity index (χ1) is 12.2. The van der Waals surface area contributed by atoms with Crippen LogP contribution < -0.4 is 10.3 Å². The second-order valence-electron chi connectivity index (χ2n) is 5.44. The van der Waals surface area contributed by atoms with Gasteiger partial charge in [0, 0.05) is 23.4 Å². The highest BCUT2D eigenvalue weighted by molar-refractivity contribution is 7.98. The van der Waals surface area contributed by atoms with Crippen LogP contribution in [-0.2, 0) is 12.3 Å². The number of benzene rings is 2. The minimum absolute atomic E-state index is 0.0378. The van der Waals surface area contributed by atoms with Crippen molar-refractivity contribution in [1.82, 2.24) is 9.55 Å². The van der Waals surface area contributed by atoms with Gasteiger partial charge in [0.05, 0.1) is 18.0 Å². The summed E-state index contributed by atoms with van der Waals surface area (Å²) >= 11 is 1.46. The minimum Gasteiger partial charge on any atom is -0.496 e. The number of para-hydroxylation sites is 1. The predicted octanol–water partition coefficient (Wildman–Crippen LogP) is 3.53. The lowest BCUT2D eigenvalue weighted by Crippen LogP contribution is -2.22. The lowest BCUT2D eigenvalue weighted by molar-refractivity contribution is 0.112. The van der Waals surface area contributed by atoms with E-state index in [2.05, 4.69) is 4.98 Å². The normalized spacial score (nSPS) is 10.8. The van der Waals surface area contributed by atoms with Crippen molar-refractivity contribution in [1.29, 1.82) is 0 Å². The van der Waals surface area contributed by atoms with Gasteiger partial charge in [-0.1, -0.05) is 23.9 Å². The molecule has 0 unspecified atom stereocenters. The number of aldehydes is 1. The van der Waals surface area contributed by atoms with E-state index in [-0.39, 0.29) is 5.56 Å². The SMILES string of the molecule is CCn1c(SCc2cc(C=O)ccc2OC)nc2ccccc2c1=O. The lowest BCUT2D eigenvalue weighted by atomic mass is 10.1. The third-order valence-electron chi connectivity index (χ3n) is 3.94. The fraction of sp³-hybridized carbons (Fsp3) is 0.211. The molecule has 0 aliphatic carbocycles. The molecular formula is C19H18N2O3S. The molecule has 3 aromatic rings. The van der Waals surface area contributed by atoms with Crippen LogP contribution >= 0.6 is 11.8 Å². The summed E-state index contributed by atoms with van der Waals surface area (Å²) in [4.78, 5) is 28.3. The van der Waals surface area contributed by atoms with Crippen molar-refractivity contribution in [3.05, 3.63) is 63.9 Å². The second kappa shape index (κ2) is 7.53. The van der Waals surface area contributed by atoms with E-state index < -0.39 is 0 Å². The highest BCUT2D eigenvalue weighted by atomic mass is 32.2. The molecule has 128 valence electrons. The van der Waals surface area contributed by atoms with E-state index in [4.69, 9.17) is 4.74 Å². The monoisotopic (exact) mass is 354 g/mol. The van der Waals surface area contributed by atoms with Gasteiger partial charge in [0.25, 0.3) is 5.56 Å². The van der Waals surface area contributed by atoms with Gasteiger partial charge >= 0.3 is 0 Å². The van der Waals surface area contributed by atoms with Crippen LogP contribution in [0.4, 0.5) is 0 Å². The maximum atomic E-state index is 12.7. The van der Waals surface area contributed by atoms with Crippen molar-refractivity contribution in [2.75, 3.05) is 7.11 Å². The quantitative estimate of drug-likeness (QED) is 0.385. The van der Waals surface area contributed by atoms with Crippen molar-refractivity contribution in [2.45, 2.75) is 24.4 Å². The first-order valence-electron chi connectivity index (χ1n) is 7.92. The van der Waals surface area contributed by atoms with E-state index in [1.54, 1.807) is 35.9 Å². The van der Waals surface area contributed by atoms with Crippen molar-refractivity contribution in [2.24, 2.45) is 0 Å². The average Bonchev–Trinajstić information content (AvgIpc) is 2.66. The molecule has 0 aliphatic heterocycles. The number of ether oxygens (including phenoxy) is 1. The molecule has 2 aromatic carbocycles. The summed E-state index contributed by atoms with van der Waals surface area (Å²) in [5, 5.41) is 1.28. The van der Waals surface area contributed by atoms with Crippen LogP contribution in [-0.4, -0.2) is 22.9 Å². The molecule has 0 radical (unpaired) electrons. The summed E-state index contributed by atoms with van der Waals surface area (Å²) in [7, 11) is 1.60. The molecule has 0 amide bonds. The molecule has 0 fully saturated rings. The van der Waals surface area contributed by atoms with Crippen LogP contribution in [0.5, 0.6) is 5.75 Å². The maximum Gasteiger partial charge on any atom is 0.262 e. The smallest absolute Gasteiger partial charge is 0.262 e. The topological polar surface area (TPSA) is 61.2 Å². The van der Waals surface area contributed by atoms with Crippen LogP contribution in [0.25, 0.3) is 10.9 Å². The summed E-state index contributed by atoms with van der Waals surface area (Å²) in [6, 6.07) is 12.6. The Morgan fingerprint density at radius 3 is 2.76 bits per heavy atom. The summed E-state index contributed by atoms with van der Waals surface area (Å²) in [6.07, 6.45) is 0.809. The van der Waals surface area contributed by atoms with Gasteiger partial charge in [-0.05, 0) is 37.3 Å². The number of hydrogen-bond donors (Lipinski definition) is 0. The van der Waals surface area contributed by atoms with Gasteiger partial charge in [-0.3, -0.25) is 14.2 Å². The number of hydrogen-bond acceptors (Lipinski definition) is 5. The van der Waals surface area contributed by atoms with E-state index in [1.807, 2.05) is 25.1 Å². The van der Waals surface area contributed by atoms with E-state index in [9.17, 15) is 9.59 Å². The Balaban J connectivity index is 1.99. The Hall–Kier alpha value is -2.60. The minimum atomic E-state index is -0.0378. The molecule has 0 atom stereocenters. The first kappa shape index (κ1) is 17.2. The van der Waals surface area contributed by atoms with Gasteiger partial charge in [0.2, 0.25) is 0 Å². The number of aromatic nitrogens is 2. The van der Waals surface area contributed by atoms with Crippen molar-refractivity contribution in [3.63, 3.8) is 0 Å². The molecule has 0 spiro atoms. The summed E-state index contributed by atoms with van der Waals surface area (Å²) in [6.45, 7) is 2.47. The Kier molecular flexibility index (Phi) is 5.19. The maximum absolute atomic E-state index is 12.7. The number of methoxy groups -OCH3 is 1. The van der Waals surface area contributed by atoms with Crippen LogP contribution in [0, 0.1) is 0 Å². The zero-order chi connectivity index (χ0) is 17.8. The summed E-state index contributed by atoms with van der Waals surface area (Å²) in [5.74, 6) is 1.26. The standard InChI is InChI=1S/C19H18N2O3S/c1-3-21-18(23)15-6-4-5-7-16(15)20-19(21)25-12-14-10-13(11-22)8-9-17(14)24-2/h4-11H,3,12H2,1-2H3. The molecule has 5 nitrogen and oxygen atoms in total.